The van der Waals surface area contributed by atoms with Crippen molar-refractivity contribution in [1.82, 2.24) is 15.6 Å². The maximum absolute atomic E-state index is 12.3. The Morgan fingerprint density at radius 3 is 2.21 bits per heavy atom. The first kappa shape index (κ1) is 14.9. The first-order valence-corrected chi connectivity index (χ1v) is 8.48. The van der Waals surface area contributed by atoms with E-state index in [4.69, 9.17) is 0 Å². The number of sulfonamides is 1. The summed E-state index contributed by atoms with van der Waals surface area (Å²) in [6, 6.07) is 7.35. The van der Waals surface area contributed by atoms with Crippen molar-refractivity contribution in [3.8, 4) is 0 Å². The van der Waals surface area contributed by atoms with E-state index >= 15 is 0 Å². The minimum atomic E-state index is -3.35. The molecule has 19 heavy (non-hydrogen) atoms. The zero-order valence-corrected chi connectivity index (χ0v) is 13.3. The molecule has 2 rings (SSSR count). The molecule has 0 spiro atoms. The second-order valence-electron chi connectivity index (χ2n) is 4.82. The summed E-state index contributed by atoms with van der Waals surface area (Å²) in [5, 5.41) is -0.469. The third-order valence-corrected chi connectivity index (χ3v) is 5.88. The van der Waals surface area contributed by atoms with E-state index in [1.54, 1.807) is 0 Å². The molecule has 1 aliphatic rings. The van der Waals surface area contributed by atoms with Gasteiger partial charge in [-0.25, -0.2) is 13.1 Å². The third kappa shape index (κ3) is 3.55. The van der Waals surface area contributed by atoms with Crippen molar-refractivity contribution in [3.05, 3.63) is 34.3 Å². The summed E-state index contributed by atoms with van der Waals surface area (Å²) in [7, 11) is -3.35. The van der Waals surface area contributed by atoms with Gasteiger partial charge in [0.05, 0.1) is 0 Å². The largest absolute Gasteiger partial charge is 0.253 e. The summed E-state index contributed by atoms with van der Waals surface area (Å²) in [6.45, 7) is 4.03. The molecule has 106 valence electrons. The van der Waals surface area contributed by atoms with Gasteiger partial charge in [-0.2, -0.15) is 0 Å². The molecule has 1 aliphatic heterocycles. The molecule has 0 bridgehead atoms. The van der Waals surface area contributed by atoms with Gasteiger partial charge in [-0.3, -0.25) is 10.9 Å². The first-order chi connectivity index (χ1) is 8.90. The smallest absolute Gasteiger partial charge is 0.217 e. The molecule has 2 unspecified atom stereocenters. The zero-order valence-electron chi connectivity index (χ0n) is 10.9. The maximum atomic E-state index is 12.3. The van der Waals surface area contributed by atoms with E-state index in [2.05, 4.69) is 31.5 Å². The maximum Gasteiger partial charge on any atom is 0.217 e. The molecule has 1 aromatic carbocycles. The van der Waals surface area contributed by atoms with E-state index in [0.29, 0.717) is 6.54 Å². The molecule has 1 fully saturated rings. The van der Waals surface area contributed by atoms with Gasteiger partial charge in [0.1, 0.15) is 5.25 Å². The lowest BCUT2D eigenvalue weighted by Gasteiger charge is -2.19. The Hall–Kier alpha value is -0.470. The van der Waals surface area contributed by atoms with Gasteiger partial charge in [-0.05, 0) is 31.5 Å². The van der Waals surface area contributed by atoms with E-state index in [1.807, 2.05) is 38.1 Å². The normalized spacial score (nSPS) is 27.6. The molecule has 0 radical (unpaired) electrons. The molecule has 1 saturated heterocycles. The highest BCUT2D eigenvalue weighted by Crippen LogP contribution is 2.16. The Bertz CT molecular complexity index is 522. The van der Waals surface area contributed by atoms with Crippen LogP contribution < -0.4 is 15.6 Å². The summed E-state index contributed by atoms with van der Waals surface area (Å²) < 4.78 is 28.2. The third-order valence-electron chi connectivity index (χ3n) is 3.27. The summed E-state index contributed by atoms with van der Waals surface area (Å²) >= 11 is 3.35. The number of nitrogens with one attached hydrogen (secondary N) is 3. The van der Waals surface area contributed by atoms with Gasteiger partial charge in [0.25, 0.3) is 0 Å². The van der Waals surface area contributed by atoms with Crippen molar-refractivity contribution in [1.29, 1.82) is 0 Å². The molecule has 3 N–H and O–H groups in total. The SMILES string of the molecule is CC1NNC(C)C1S(=O)(=O)NCc1ccc(Br)cc1. The number of hydrogen-bond donors (Lipinski definition) is 3. The number of hydrazine groups is 1. The standard InChI is InChI=1S/C12H18BrN3O2S/c1-8-12(9(2)16-15-8)19(17,18)14-7-10-3-5-11(13)6-4-10/h3-6,8-9,12,14-16H,7H2,1-2H3. The predicted octanol–water partition coefficient (Wildman–Crippen LogP) is 1.12. The molecule has 0 amide bonds. The molecular formula is C12H18BrN3O2S. The van der Waals surface area contributed by atoms with E-state index < -0.39 is 15.3 Å². The molecule has 0 saturated carbocycles. The zero-order chi connectivity index (χ0) is 14.0. The van der Waals surface area contributed by atoms with Crippen molar-refractivity contribution in [2.75, 3.05) is 0 Å². The Labute approximate surface area is 122 Å². The fourth-order valence-electron chi connectivity index (χ4n) is 2.28. The molecule has 1 aromatic rings. The lowest BCUT2D eigenvalue weighted by Crippen LogP contribution is -2.44. The van der Waals surface area contributed by atoms with Crippen molar-refractivity contribution < 1.29 is 8.42 Å². The fourth-order valence-corrected chi connectivity index (χ4v) is 4.32. The van der Waals surface area contributed by atoms with E-state index in [9.17, 15) is 8.42 Å². The van der Waals surface area contributed by atoms with E-state index in [-0.39, 0.29) is 12.1 Å². The Balaban J connectivity index is 2.03. The molecule has 0 aliphatic carbocycles. The second kappa shape index (κ2) is 5.88. The van der Waals surface area contributed by atoms with Crippen LogP contribution in [0.5, 0.6) is 0 Å². The first-order valence-electron chi connectivity index (χ1n) is 6.14. The van der Waals surface area contributed by atoms with Crippen molar-refractivity contribution in [2.24, 2.45) is 0 Å². The Kier molecular flexibility index (Phi) is 4.62. The van der Waals surface area contributed by atoms with Crippen LogP contribution in [0.15, 0.2) is 28.7 Å². The van der Waals surface area contributed by atoms with Crippen LogP contribution in [0.4, 0.5) is 0 Å². The van der Waals surface area contributed by atoms with Gasteiger partial charge < -0.3 is 0 Å². The minimum Gasteiger partial charge on any atom is -0.253 e. The highest BCUT2D eigenvalue weighted by Gasteiger charge is 2.39. The molecule has 5 nitrogen and oxygen atoms in total. The van der Waals surface area contributed by atoms with E-state index in [0.717, 1.165) is 10.0 Å². The van der Waals surface area contributed by atoms with Crippen LogP contribution >= 0.6 is 15.9 Å². The lowest BCUT2D eigenvalue weighted by atomic mass is 10.2. The van der Waals surface area contributed by atoms with Crippen molar-refractivity contribution >= 4 is 26.0 Å². The van der Waals surface area contributed by atoms with Gasteiger partial charge in [0.15, 0.2) is 0 Å². The van der Waals surface area contributed by atoms with Crippen LogP contribution in [0.3, 0.4) is 0 Å². The number of hydrogen-bond acceptors (Lipinski definition) is 4. The summed E-state index contributed by atoms with van der Waals surface area (Å²) in [5.74, 6) is 0. The van der Waals surface area contributed by atoms with Crippen LogP contribution in [0.2, 0.25) is 0 Å². The molecular weight excluding hydrogens is 330 g/mol. The van der Waals surface area contributed by atoms with Gasteiger partial charge in [0, 0.05) is 23.1 Å². The fraction of sp³-hybridized carbons (Fsp3) is 0.500. The van der Waals surface area contributed by atoms with Crippen LogP contribution in [0.25, 0.3) is 0 Å². The molecule has 2 atom stereocenters. The lowest BCUT2D eigenvalue weighted by molar-refractivity contribution is 0.544. The van der Waals surface area contributed by atoms with Crippen LogP contribution in [0, 0.1) is 0 Å². The molecule has 7 heteroatoms. The van der Waals surface area contributed by atoms with Gasteiger partial charge >= 0.3 is 0 Å². The van der Waals surface area contributed by atoms with Crippen molar-refractivity contribution in [2.45, 2.75) is 37.7 Å². The summed E-state index contributed by atoms with van der Waals surface area (Å²) in [4.78, 5) is 0. The quantitative estimate of drug-likeness (QED) is 0.763. The predicted molar refractivity (Wildman–Crippen MR) is 78.9 cm³/mol. The monoisotopic (exact) mass is 347 g/mol. The topological polar surface area (TPSA) is 70.2 Å². The number of halogens is 1. The van der Waals surface area contributed by atoms with Gasteiger partial charge in [-0.1, -0.05) is 28.1 Å². The van der Waals surface area contributed by atoms with Crippen molar-refractivity contribution in [3.63, 3.8) is 0 Å². The Morgan fingerprint density at radius 2 is 1.68 bits per heavy atom. The van der Waals surface area contributed by atoms with Crippen LogP contribution in [-0.2, 0) is 16.6 Å². The van der Waals surface area contributed by atoms with Crippen LogP contribution in [-0.4, -0.2) is 25.8 Å². The number of benzene rings is 1. The van der Waals surface area contributed by atoms with E-state index in [1.165, 1.54) is 0 Å². The summed E-state index contributed by atoms with van der Waals surface area (Å²) in [6.07, 6.45) is 0. The van der Waals surface area contributed by atoms with Gasteiger partial charge in [-0.15, -0.1) is 0 Å². The molecule has 1 heterocycles. The number of rotatable bonds is 4. The summed E-state index contributed by atoms with van der Waals surface area (Å²) in [5.41, 5.74) is 6.85. The molecule has 0 aromatic heterocycles. The van der Waals surface area contributed by atoms with Crippen LogP contribution in [0.1, 0.15) is 19.4 Å². The highest BCUT2D eigenvalue weighted by atomic mass is 79.9. The second-order valence-corrected chi connectivity index (χ2v) is 7.66. The average Bonchev–Trinajstić information content (AvgIpc) is 2.69. The minimum absolute atomic E-state index is 0.114. The average molecular weight is 348 g/mol. The Morgan fingerprint density at radius 1 is 1.16 bits per heavy atom. The highest BCUT2D eigenvalue weighted by molar-refractivity contribution is 9.10. The van der Waals surface area contributed by atoms with Gasteiger partial charge in [0.2, 0.25) is 10.0 Å².